The molecule has 0 atom stereocenters. The average Bonchev–Trinajstić information content (AvgIpc) is 3.22. The molecule has 30 heavy (non-hydrogen) atoms. The summed E-state index contributed by atoms with van der Waals surface area (Å²) in [5.74, 6) is 0.397. The van der Waals surface area contributed by atoms with Crippen LogP contribution in [-0.2, 0) is 6.54 Å². The van der Waals surface area contributed by atoms with Crippen LogP contribution < -0.4 is 10.6 Å². The quantitative estimate of drug-likeness (QED) is 0.319. The van der Waals surface area contributed by atoms with E-state index < -0.39 is 0 Å². The van der Waals surface area contributed by atoms with Crippen LogP contribution in [0.1, 0.15) is 5.89 Å². The summed E-state index contributed by atoms with van der Waals surface area (Å²) in [6.45, 7) is 3.06. The zero-order chi connectivity index (χ0) is 20.2. The SMILES string of the molecule is I.NC(=NCc1nc(-c2cccc(F)c2)no1)N1CCN(c2ccc(F)cc2)CC1. The lowest BCUT2D eigenvalue weighted by atomic mass is 10.2. The number of aromatic nitrogens is 2. The monoisotopic (exact) mass is 526 g/mol. The van der Waals surface area contributed by atoms with E-state index in [1.165, 1.54) is 24.3 Å². The standard InChI is InChI=1S/C20H20F2N6O.HI/c21-15-4-6-17(7-5-15)27-8-10-28(11-9-27)20(23)24-13-18-25-19(26-29-18)14-2-1-3-16(22)12-14;/h1-7,12H,8-11,13H2,(H2,23,24);1H. The first kappa shape index (κ1) is 21.9. The van der Waals surface area contributed by atoms with Crippen molar-refractivity contribution >= 4 is 35.6 Å². The Morgan fingerprint density at radius 2 is 1.77 bits per heavy atom. The fourth-order valence-electron chi connectivity index (χ4n) is 3.16. The maximum atomic E-state index is 13.3. The minimum atomic E-state index is -0.365. The third kappa shape index (κ3) is 5.23. The molecule has 1 aliphatic rings. The summed E-state index contributed by atoms with van der Waals surface area (Å²) in [5.41, 5.74) is 7.63. The van der Waals surface area contributed by atoms with Gasteiger partial charge in [0.15, 0.2) is 5.96 Å². The van der Waals surface area contributed by atoms with Gasteiger partial charge in [0.2, 0.25) is 11.7 Å². The smallest absolute Gasteiger partial charge is 0.248 e. The van der Waals surface area contributed by atoms with E-state index in [1.54, 1.807) is 24.3 Å². The van der Waals surface area contributed by atoms with Gasteiger partial charge in [-0.25, -0.2) is 13.8 Å². The molecule has 3 aromatic rings. The summed E-state index contributed by atoms with van der Waals surface area (Å²) in [5, 5.41) is 3.86. The van der Waals surface area contributed by atoms with Gasteiger partial charge in [-0.3, -0.25) is 0 Å². The second-order valence-corrected chi connectivity index (χ2v) is 6.65. The number of guanidine groups is 1. The molecule has 2 N–H and O–H groups in total. The average molecular weight is 526 g/mol. The normalized spacial score (nSPS) is 14.5. The summed E-state index contributed by atoms with van der Waals surface area (Å²) >= 11 is 0. The number of nitrogens with two attached hydrogens (primary N) is 1. The number of benzene rings is 2. The molecular formula is C20H21F2IN6O. The third-order valence-corrected chi connectivity index (χ3v) is 4.72. The molecule has 0 radical (unpaired) electrons. The largest absolute Gasteiger partial charge is 0.370 e. The van der Waals surface area contributed by atoms with E-state index in [9.17, 15) is 8.78 Å². The Bertz CT molecular complexity index is 1000. The number of nitrogens with zero attached hydrogens (tertiary/aromatic N) is 5. The molecule has 0 aliphatic carbocycles. The second kappa shape index (κ2) is 9.83. The highest BCUT2D eigenvalue weighted by atomic mass is 127. The number of piperazine rings is 1. The van der Waals surface area contributed by atoms with E-state index in [0.29, 0.717) is 36.3 Å². The van der Waals surface area contributed by atoms with E-state index in [1.807, 2.05) is 4.90 Å². The summed E-state index contributed by atoms with van der Waals surface area (Å²) in [4.78, 5) is 12.7. The van der Waals surface area contributed by atoms with Crippen molar-refractivity contribution in [3.8, 4) is 11.4 Å². The van der Waals surface area contributed by atoms with Crippen molar-refractivity contribution in [2.75, 3.05) is 31.1 Å². The second-order valence-electron chi connectivity index (χ2n) is 6.65. The van der Waals surface area contributed by atoms with Crippen LogP contribution in [0.3, 0.4) is 0 Å². The number of hydrogen-bond acceptors (Lipinski definition) is 5. The molecule has 7 nitrogen and oxygen atoms in total. The van der Waals surface area contributed by atoms with Crippen molar-refractivity contribution in [2.45, 2.75) is 6.54 Å². The molecule has 0 amide bonds. The molecule has 0 saturated carbocycles. The van der Waals surface area contributed by atoms with Crippen LogP contribution >= 0.6 is 24.0 Å². The van der Waals surface area contributed by atoms with Gasteiger partial charge in [0.05, 0.1) is 0 Å². The zero-order valence-electron chi connectivity index (χ0n) is 16.0. The van der Waals surface area contributed by atoms with Crippen LogP contribution in [0.15, 0.2) is 58.0 Å². The van der Waals surface area contributed by atoms with Crippen molar-refractivity contribution in [3.63, 3.8) is 0 Å². The number of hydrogen-bond donors (Lipinski definition) is 1. The Morgan fingerprint density at radius 3 is 2.47 bits per heavy atom. The van der Waals surface area contributed by atoms with Gasteiger partial charge in [0.1, 0.15) is 18.2 Å². The summed E-state index contributed by atoms with van der Waals surface area (Å²) in [6.07, 6.45) is 0. The maximum Gasteiger partial charge on any atom is 0.248 e. The van der Waals surface area contributed by atoms with Gasteiger partial charge in [-0.05, 0) is 36.4 Å². The highest BCUT2D eigenvalue weighted by Gasteiger charge is 2.19. The van der Waals surface area contributed by atoms with Gasteiger partial charge in [-0.1, -0.05) is 17.3 Å². The topological polar surface area (TPSA) is 83.8 Å². The molecule has 0 bridgehead atoms. The predicted octanol–water partition coefficient (Wildman–Crippen LogP) is 3.27. The Hall–Kier alpha value is -2.76. The molecule has 2 aromatic carbocycles. The molecule has 1 fully saturated rings. The Labute approximate surface area is 189 Å². The van der Waals surface area contributed by atoms with Crippen molar-refractivity contribution < 1.29 is 13.3 Å². The van der Waals surface area contributed by atoms with Crippen LogP contribution in [0, 0.1) is 11.6 Å². The van der Waals surface area contributed by atoms with E-state index in [4.69, 9.17) is 10.3 Å². The molecule has 2 heterocycles. The molecular weight excluding hydrogens is 505 g/mol. The van der Waals surface area contributed by atoms with Gasteiger partial charge in [0, 0.05) is 37.4 Å². The molecule has 0 unspecified atom stereocenters. The summed E-state index contributed by atoms with van der Waals surface area (Å²) < 4.78 is 31.6. The molecule has 0 spiro atoms. The lowest BCUT2D eigenvalue weighted by molar-refractivity contribution is 0.370. The molecule has 1 saturated heterocycles. The third-order valence-electron chi connectivity index (χ3n) is 4.72. The number of halogens is 3. The maximum absolute atomic E-state index is 13.3. The lowest BCUT2D eigenvalue weighted by Crippen LogP contribution is -2.51. The minimum absolute atomic E-state index is 0. The zero-order valence-corrected chi connectivity index (χ0v) is 18.4. The van der Waals surface area contributed by atoms with Crippen LogP contribution in [0.4, 0.5) is 14.5 Å². The molecule has 10 heteroatoms. The minimum Gasteiger partial charge on any atom is -0.370 e. The summed E-state index contributed by atoms with van der Waals surface area (Å²) in [7, 11) is 0. The first-order chi connectivity index (χ1) is 14.1. The molecule has 158 valence electrons. The molecule has 4 rings (SSSR count). The van der Waals surface area contributed by atoms with E-state index in [2.05, 4.69) is 20.0 Å². The first-order valence-corrected chi connectivity index (χ1v) is 9.22. The van der Waals surface area contributed by atoms with Crippen LogP contribution in [0.25, 0.3) is 11.4 Å². The Morgan fingerprint density at radius 1 is 1.03 bits per heavy atom. The van der Waals surface area contributed by atoms with Crippen LogP contribution in [-0.4, -0.2) is 47.2 Å². The highest BCUT2D eigenvalue weighted by Crippen LogP contribution is 2.18. The van der Waals surface area contributed by atoms with E-state index in [-0.39, 0.29) is 42.2 Å². The first-order valence-electron chi connectivity index (χ1n) is 9.22. The fraction of sp³-hybridized carbons (Fsp3) is 0.250. The number of rotatable bonds is 4. The van der Waals surface area contributed by atoms with Crippen molar-refractivity contribution in [1.82, 2.24) is 15.0 Å². The van der Waals surface area contributed by atoms with Gasteiger partial charge < -0.3 is 20.1 Å². The molecule has 1 aromatic heterocycles. The summed E-state index contributed by atoms with van der Waals surface area (Å²) in [6, 6.07) is 12.4. The predicted molar refractivity (Wildman–Crippen MR) is 121 cm³/mol. The Kier molecular flexibility index (Phi) is 7.19. The highest BCUT2D eigenvalue weighted by molar-refractivity contribution is 14.0. The van der Waals surface area contributed by atoms with E-state index in [0.717, 1.165) is 18.8 Å². The van der Waals surface area contributed by atoms with Crippen molar-refractivity contribution in [1.29, 1.82) is 0 Å². The number of aliphatic imine (C=N–C) groups is 1. The van der Waals surface area contributed by atoms with E-state index >= 15 is 0 Å². The van der Waals surface area contributed by atoms with Crippen LogP contribution in [0.2, 0.25) is 0 Å². The van der Waals surface area contributed by atoms with Gasteiger partial charge in [-0.2, -0.15) is 4.98 Å². The van der Waals surface area contributed by atoms with Gasteiger partial charge in [0.25, 0.3) is 0 Å². The fourth-order valence-corrected chi connectivity index (χ4v) is 3.16. The van der Waals surface area contributed by atoms with Crippen LogP contribution in [0.5, 0.6) is 0 Å². The van der Waals surface area contributed by atoms with Gasteiger partial charge >= 0.3 is 0 Å². The molecule has 1 aliphatic heterocycles. The Balaban J connectivity index is 0.00000256. The van der Waals surface area contributed by atoms with Gasteiger partial charge in [-0.15, -0.1) is 24.0 Å². The van der Waals surface area contributed by atoms with Crippen molar-refractivity contribution in [3.05, 3.63) is 66.1 Å². The lowest BCUT2D eigenvalue weighted by Gasteiger charge is -2.36. The number of anilines is 1. The van der Waals surface area contributed by atoms with Crippen molar-refractivity contribution in [2.24, 2.45) is 10.7 Å².